The first-order valence-corrected chi connectivity index (χ1v) is 5.90. The highest BCUT2D eigenvalue weighted by Gasteiger charge is 2.10. The van der Waals surface area contributed by atoms with Gasteiger partial charge >= 0.3 is 0 Å². The summed E-state index contributed by atoms with van der Waals surface area (Å²) in [4.78, 5) is 0. The standard InChI is InChI=1S/C11H22N4O/c1-4-11(9(2)3)12-7-10-8-15(5-6-16)14-13-10/h8-9,11-12,16H,4-7H2,1-3H3. The van der Waals surface area contributed by atoms with Gasteiger partial charge in [-0.25, -0.2) is 4.68 Å². The molecule has 0 aromatic carbocycles. The van der Waals surface area contributed by atoms with Gasteiger partial charge in [-0.2, -0.15) is 0 Å². The molecule has 1 rings (SSSR count). The number of hydrogen-bond donors (Lipinski definition) is 2. The lowest BCUT2D eigenvalue weighted by atomic mass is 10.0. The van der Waals surface area contributed by atoms with Crippen LogP contribution in [0.3, 0.4) is 0 Å². The Morgan fingerprint density at radius 2 is 2.25 bits per heavy atom. The van der Waals surface area contributed by atoms with Crippen LogP contribution in [0, 0.1) is 5.92 Å². The van der Waals surface area contributed by atoms with E-state index in [-0.39, 0.29) is 6.61 Å². The molecule has 5 heteroatoms. The summed E-state index contributed by atoms with van der Waals surface area (Å²) in [5, 5.41) is 20.2. The molecule has 0 radical (unpaired) electrons. The van der Waals surface area contributed by atoms with Crippen LogP contribution < -0.4 is 5.32 Å². The molecule has 0 aliphatic rings. The monoisotopic (exact) mass is 226 g/mol. The van der Waals surface area contributed by atoms with E-state index < -0.39 is 0 Å². The minimum Gasteiger partial charge on any atom is -0.394 e. The number of nitrogens with one attached hydrogen (secondary N) is 1. The van der Waals surface area contributed by atoms with Crippen molar-refractivity contribution in [2.24, 2.45) is 5.92 Å². The van der Waals surface area contributed by atoms with Crippen LogP contribution in [0.15, 0.2) is 6.20 Å². The summed E-state index contributed by atoms with van der Waals surface area (Å²) in [6.45, 7) is 7.95. The van der Waals surface area contributed by atoms with Crippen LogP contribution >= 0.6 is 0 Å². The summed E-state index contributed by atoms with van der Waals surface area (Å²) < 4.78 is 1.66. The van der Waals surface area contributed by atoms with Gasteiger partial charge in [0.1, 0.15) is 0 Å². The molecule has 0 saturated heterocycles. The number of aliphatic hydroxyl groups is 1. The van der Waals surface area contributed by atoms with Crippen molar-refractivity contribution in [1.29, 1.82) is 0 Å². The van der Waals surface area contributed by atoms with E-state index in [1.54, 1.807) is 4.68 Å². The lowest BCUT2D eigenvalue weighted by molar-refractivity contribution is 0.268. The van der Waals surface area contributed by atoms with E-state index >= 15 is 0 Å². The van der Waals surface area contributed by atoms with Crippen molar-refractivity contribution in [2.45, 2.75) is 46.3 Å². The van der Waals surface area contributed by atoms with Crippen LogP contribution in [-0.2, 0) is 13.1 Å². The highest BCUT2D eigenvalue weighted by atomic mass is 16.3. The van der Waals surface area contributed by atoms with Crippen molar-refractivity contribution in [3.05, 3.63) is 11.9 Å². The molecule has 1 aromatic heterocycles. The third-order valence-corrected chi connectivity index (χ3v) is 2.71. The number of nitrogens with zero attached hydrogens (tertiary/aromatic N) is 3. The molecule has 1 unspecified atom stereocenters. The molecule has 16 heavy (non-hydrogen) atoms. The van der Waals surface area contributed by atoms with E-state index in [4.69, 9.17) is 5.11 Å². The van der Waals surface area contributed by atoms with Gasteiger partial charge in [0.05, 0.1) is 18.8 Å². The maximum Gasteiger partial charge on any atom is 0.0964 e. The van der Waals surface area contributed by atoms with Gasteiger partial charge in [0.15, 0.2) is 0 Å². The molecular weight excluding hydrogens is 204 g/mol. The molecule has 1 atom stereocenters. The van der Waals surface area contributed by atoms with Crippen LogP contribution in [0.25, 0.3) is 0 Å². The quantitative estimate of drug-likeness (QED) is 0.721. The van der Waals surface area contributed by atoms with E-state index in [1.807, 2.05) is 6.20 Å². The van der Waals surface area contributed by atoms with E-state index in [9.17, 15) is 0 Å². The van der Waals surface area contributed by atoms with Crippen LogP contribution in [0.2, 0.25) is 0 Å². The molecule has 0 amide bonds. The second-order valence-corrected chi connectivity index (χ2v) is 4.34. The molecule has 0 spiro atoms. The predicted molar refractivity (Wildman–Crippen MR) is 62.9 cm³/mol. The van der Waals surface area contributed by atoms with Crippen molar-refractivity contribution in [3.8, 4) is 0 Å². The van der Waals surface area contributed by atoms with Crippen LogP contribution in [-0.4, -0.2) is 32.7 Å². The van der Waals surface area contributed by atoms with Gasteiger partial charge in [0, 0.05) is 18.8 Å². The summed E-state index contributed by atoms with van der Waals surface area (Å²) in [5.41, 5.74) is 0.924. The Hall–Kier alpha value is -0.940. The molecule has 0 saturated carbocycles. The lowest BCUT2D eigenvalue weighted by Gasteiger charge is -2.19. The van der Waals surface area contributed by atoms with Crippen molar-refractivity contribution < 1.29 is 5.11 Å². The first-order chi connectivity index (χ1) is 7.67. The molecule has 0 bridgehead atoms. The molecule has 0 aliphatic carbocycles. The van der Waals surface area contributed by atoms with E-state index in [0.717, 1.165) is 18.7 Å². The topological polar surface area (TPSA) is 63.0 Å². The number of hydrogen-bond acceptors (Lipinski definition) is 4. The van der Waals surface area contributed by atoms with E-state index in [1.165, 1.54) is 0 Å². The summed E-state index contributed by atoms with van der Waals surface area (Å²) in [6, 6.07) is 0.517. The van der Waals surface area contributed by atoms with Crippen molar-refractivity contribution in [2.75, 3.05) is 6.61 Å². The van der Waals surface area contributed by atoms with E-state index in [2.05, 4.69) is 36.4 Å². The van der Waals surface area contributed by atoms with Gasteiger partial charge in [-0.05, 0) is 12.3 Å². The number of aromatic nitrogens is 3. The van der Waals surface area contributed by atoms with Gasteiger partial charge in [0.2, 0.25) is 0 Å². The second-order valence-electron chi connectivity index (χ2n) is 4.34. The zero-order valence-electron chi connectivity index (χ0n) is 10.3. The molecule has 1 aromatic rings. The fourth-order valence-electron chi connectivity index (χ4n) is 1.72. The Morgan fingerprint density at radius 1 is 1.50 bits per heavy atom. The fourth-order valence-corrected chi connectivity index (χ4v) is 1.72. The molecule has 1 heterocycles. The molecule has 0 fully saturated rings. The Balaban J connectivity index is 2.41. The predicted octanol–water partition coefficient (Wildman–Crippen LogP) is 0.795. The Morgan fingerprint density at radius 3 is 2.81 bits per heavy atom. The molecule has 5 nitrogen and oxygen atoms in total. The fraction of sp³-hybridized carbons (Fsp3) is 0.818. The highest BCUT2D eigenvalue weighted by molar-refractivity contribution is 4.92. The van der Waals surface area contributed by atoms with Crippen molar-refractivity contribution >= 4 is 0 Å². The maximum atomic E-state index is 8.75. The average molecular weight is 226 g/mol. The summed E-state index contributed by atoms with van der Waals surface area (Å²) in [6.07, 6.45) is 2.98. The summed E-state index contributed by atoms with van der Waals surface area (Å²) >= 11 is 0. The number of aliphatic hydroxyl groups excluding tert-OH is 1. The molecule has 92 valence electrons. The van der Waals surface area contributed by atoms with Crippen molar-refractivity contribution in [1.82, 2.24) is 20.3 Å². The third-order valence-electron chi connectivity index (χ3n) is 2.71. The van der Waals surface area contributed by atoms with Gasteiger partial charge in [-0.1, -0.05) is 26.0 Å². The van der Waals surface area contributed by atoms with E-state index in [0.29, 0.717) is 18.5 Å². The van der Waals surface area contributed by atoms with Crippen LogP contribution in [0.1, 0.15) is 32.9 Å². The SMILES string of the molecule is CCC(NCc1cn(CCO)nn1)C(C)C. The van der Waals surface area contributed by atoms with Crippen LogP contribution in [0.4, 0.5) is 0 Å². The highest BCUT2D eigenvalue weighted by Crippen LogP contribution is 2.06. The Labute approximate surface area is 96.9 Å². The largest absolute Gasteiger partial charge is 0.394 e. The summed E-state index contributed by atoms with van der Waals surface area (Å²) in [5.74, 6) is 0.623. The second kappa shape index (κ2) is 6.60. The third kappa shape index (κ3) is 3.90. The van der Waals surface area contributed by atoms with Gasteiger partial charge in [-0.3, -0.25) is 0 Å². The zero-order valence-corrected chi connectivity index (χ0v) is 10.3. The number of rotatable bonds is 7. The molecule has 2 N–H and O–H groups in total. The van der Waals surface area contributed by atoms with Gasteiger partial charge in [-0.15, -0.1) is 5.10 Å². The van der Waals surface area contributed by atoms with Gasteiger partial charge in [0.25, 0.3) is 0 Å². The first-order valence-electron chi connectivity index (χ1n) is 5.90. The molecule has 0 aliphatic heterocycles. The smallest absolute Gasteiger partial charge is 0.0964 e. The molecular formula is C11H22N4O. The maximum absolute atomic E-state index is 8.75. The summed E-state index contributed by atoms with van der Waals surface area (Å²) in [7, 11) is 0. The lowest BCUT2D eigenvalue weighted by Crippen LogP contribution is -2.32. The normalized spacial score (nSPS) is 13.3. The van der Waals surface area contributed by atoms with Crippen molar-refractivity contribution in [3.63, 3.8) is 0 Å². The van der Waals surface area contributed by atoms with Gasteiger partial charge < -0.3 is 10.4 Å². The van der Waals surface area contributed by atoms with Crippen LogP contribution in [0.5, 0.6) is 0 Å². The Kier molecular flexibility index (Phi) is 5.42. The zero-order chi connectivity index (χ0) is 12.0. The Bertz CT molecular complexity index is 298. The minimum atomic E-state index is 0.0970. The first kappa shape index (κ1) is 13.1. The average Bonchev–Trinajstić information content (AvgIpc) is 2.67. The minimum absolute atomic E-state index is 0.0970.